The van der Waals surface area contributed by atoms with Crippen molar-refractivity contribution < 1.29 is 8.42 Å². The van der Waals surface area contributed by atoms with Crippen molar-refractivity contribution in [3.05, 3.63) is 35.4 Å². The van der Waals surface area contributed by atoms with Gasteiger partial charge >= 0.3 is 0 Å². The molecule has 0 saturated carbocycles. The number of rotatable bonds is 2. The molecule has 98 valence electrons. The van der Waals surface area contributed by atoms with E-state index in [0.717, 1.165) is 12.0 Å². The number of nitrogens with two attached hydrogens (primary N) is 1. The van der Waals surface area contributed by atoms with Gasteiger partial charge in [-0.2, -0.15) is 4.31 Å². The van der Waals surface area contributed by atoms with Crippen molar-refractivity contribution in [3.63, 3.8) is 0 Å². The van der Waals surface area contributed by atoms with Gasteiger partial charge in [0.2, 0.25) is 10.0 Å². The lowest BCUT2D eigenvalue weighted by Gasteiger charge is -2.24. The van der Waals surface area contributed by atoms with E-state index in [1.165, 1.54) is 4.31 Å². The standard InChI is InChI=1S/C13H18N2O2S/c1-10-6-7-12(11(2)13(10)14)18(16,17)15-8-4-3-5-9-15/h3-4,6-7H,5,8-9,14H2,1-2H3. The maximum atomic E-state index is 12.5. The second-order valence-electron chi connectivity index (χ2n) is 4.54. The summed E-state index contributed by atoms with van der Waals surface area (Å²) in [4.78, 5) is 0.320. The van der Waals surface area contributed by atoms with E-state index in [-0.39, 0.29) is 0 Å². The van der Waals surface area contributed by atoms with Crippen LogP contribution in [0.4, 0.5) is 5.69 Å². The summed E-state index contributed by atoms with van der Waals surface area (Å²) >= 11 is 0. The molecule has 2 rings (SSSR count). The molecule has 18 heavy (non-hydrogen) atoms. The number of hydrogen-bond donors (Lipinski definition) is 1. The fraction of sp³-hybridized carbons (Fsp3) is 0.385. The Morgan fingerprint density at radius 2 is 1.94 bits per heavy atom. The molecule has 0 aliphatic carbocycles. The molecule has 0 bridgehead atoms. The highest BCUT2D eigenvalue weighted by atomic mass is 32.2. The molecule has 0 radical (unpaired) electrons. The zero-order chi connectivity index (χ0) is 13.3. The minimum Gasteiger partial charge on any atom is -0.398 e. The van der Waals surface area contributed by atoms with E-state index in [4.69, 9.17) is 5.73 Å². The Bertz CT molecular complexity index is 591. The molecule has 0 aromatic heterocycles. The van der Waals surface area contributed by atoms with E-state index in [0.29, 0.717) is 29.2 Å². The van der Waals surface area contributed by atoms with Gasteiger partial charge in [0.25, 0.3) is 0 Å². The highest BCUT2D eigenvalue weighted by Crippen LogP contribution is 2.27. The van der Waals surface area contributed by atoms with Gasteiger partial charge in [-0.3, -0.25) is 0 Å². The van der Waals surface area contributed by atoms with Gasteiger partial charge in [0, 0.05) is 18.8 Å². The van der Waals surface area contributed by atoms with Gasteiger partial charge in [0.15, 0.2) is 0 Å². The number of hydrogen-bond acceptors (Lipinski definition) is 3. The number of benzene rings is 1. The van der Waals surface area contributed by atoms with Crippen molar-refractivity contribution in [2.24, 2.45) is 0 Å². The molecule has 4 nitrogen and oxygen atoms in total. The zero-order valence-electron chi connectivity index (χ0n) is 10.7. The topological polar surface area (TPSA) is 63.4 Å². The van der Waals surface area contributed by atoms with Crippen LogP contribution in [0.2, 0.25) is 0 Å². The van der Waals surface area contributed by atoms with Gasteiger partial charge in [0.1, 0.15) is 0 Å². The third kappa shape index (κ3) is 2.15. The minimum atomic E-state index is -3.43. The molecule has 1 heterocycles. The molecule has 0 fully saturated rings. The smallest absolute Gasteiger partial charge is 0.243 e. The van der Waals surface area contributed by atoms with Crippen LogP contribution in [-0.4, -0.2) is 25.8 Å². The van der Waals surface area contributed by atoms with Crippen LogP contribution in [0.15, 0.2) is 29.2 Å². The number of sulfonamides is 1. The first kappa shape index (κ1) is 13.1. The first-order valence-electron chi connectivity index (χ1n) is 5.95. The van der Waals surface area contributed by atoms with Crippen LogP contribution in [0.5, 0.6) is 0 Å². The third-order valence-corrected chi connectivity index (χ3v) is 5.33. The van der Waals surface area contributed by atoms with Crippen molar-refractivity contribution >= 4 is 15.7 Å². The average Bonchev–Trinajstić information content (AvgIpc) is 2.37. The van der Waals surface area contributed by atoms with E-state index in [1.807, 2.05) is 19.1 Å². The second-order valence-corrected chi connectivity index (χ2v) is 6.45. The number of aryl methyl sites for hydroxylation is 1. The Balaban J connectivity index is 2.48. The highest BCUT2D eigenvalue weighted by Gasteiger charge is 2.26. The maximum Gasteiger partial charge on any atom is 0.243 e. The molecule has 0 unspecified atom stereocenters. The summed E-state index contributed by atoms with van der Waals surface area (Å²) in [6.45, 7) is 4.61. The molecular formula is C13H18N2O2S. The summed E-state index contributed by atoms with van der Waals surface area (Å²) in [5, 5.41) is 0. The van der Waals surface area contributed by atoms with Gasteiger partial charge in [-0.15, -0.1) is 0 Å². The van der Waals surface area contributed by atoms with Crippen LogP contribution in [0.1, 0.15) is 17.5 Å². The van der Waals surface area contributed by atoms with Crippen LogP contribution in [-0.2, 0) is 10.0 Å². The number of anilines is 1. The van der Waals surface area contributed by atoms with Crippen LogP contribution < -0.4 is 5.73 Å². The van der Waals surface area contributed by atoms with Gasteiger partial charge in [-0.05, 0) is 37.5 Å². The summed E-state index contributed by atoms with van der Waals surface area (Å²) in [7, 11) is -3.43. The summed E-state index contributed by atoms with van der Waals surface area (Å²) < 4.78 is 26.5. The molecule has 0 spiro atoms. The van der Waals surface area contributed by atoms with Crippen molar-refractivity contribution in [1.29, 1.82) is 0 Å². The van der Waals surface area contributed by atoms with Gasteiger partial charge in [-0.1, -0.05) is 18.2 Å². The molecule has 0 atom stereocenters. The molecule has 0 amide bonds. The molecule has 1 aliphatic rings. The summed E-state index contributed by atoms with van der Waals surface area (Å²) in [5.41, 5.74) is 8.02. The fourth-order valence-electron chi connectivity index (χ4n) is 2.10. The molecular weight excluding hydrogens is 248 g/mol. The third-order valence-electron chi connectivity index (χ3n) is 3.32. The molecule has 0 saturated heterocycles. The molecule has 1 aromatic carbocycles. The average molecular weight is 266 g/mol. The van der Waals surface area contributed by atoms with Crippen molar-refractivity contribution in [2.75, 3.05) is 18.8 Å². The Kier molecular flexibility index (Phi) is 3.45. The summed E-state index contributed by atoms with van der Waals surface area (Å²) in [6.07, 6.45) is 4.65. The van der Waals surface area contributed by atoms with E-state index < -0.39 is 10.0 Å². The predicted molar refractivity (Wildman–Crippen MR) is 72.8 cm³/mol. The first-order chi connectivity index (χ1) is 8.44. The van der Waals surface area contributed by atoms with E-state index >= 15 is 0 Å². The molecule has 2 N–H and O–H groups in total. The monoisotopic (exact) mass is 266 g/mol. The maximum absolute atomic E-state index is 12.5. The number of nitrogen functional groups attached to an aromatic ring is 1. The number of nitrogens with zero attached hydrogens (tertiary/aromatic N) is 1. The minimum absolute atomic E-state index is 0.320. The Morgan fingerprint density at radius 1 is 1.22 bits per heavy atom. The lowest BCUT2D eigenvalue weighted by molar-refractivity contribution is 0.437. The lowest BCUT2D eigenvalue weighted by Crippen LogP contribution is -2.34. The van der Waals surface area contributed by atoms with Crippen molar-refractivity contribution in [1.82, 2.24) is 4.31 Å². The van der Waals surface area contributed by atoms with Crippen LogP contribution >= 0.6 is 0 Å². The predicted octanol–water partition coefficient (Wildman–Crippen LogP) is 1.84. The summed E-state index contributed by atoms with van der Waals surface area (Å²) in [5.74, 6) is 0. The van der Waals surface area contributed by atoms with Crippen LogP contribution in [0, 0.1) is 13.8 Å². The second kappa shape index (κ2) is 4.74. The quantitative estimate of drug-likeness (QED) is 0.656. The van der Waals surface area contributed by atoms with Crippen LogP contribution in [0.25, 0.3) is 0 Å². The van der Waals surface area contributed by atoms with Gasteiger partial charge in [0.05, 0.1) is 4.90 Å². The van der Waals surface area contributed by atoms with Gasteiger partial charge < -0.3 is 5.73 Å². The summed E-state index contributed by atoms with van der Waals surface area (Å²) in [6, 6.07) is 3.41. The lowest BCUT2D eigenvalue weighted by atomic mass is 10.1. The highest BCUT2D eigenvalue weighted by molar-refractivity contribution is 7.89. The Hall–Kier alpha value is -1.33. The molecule has 1 aliphatic heterocycles. The Labute approximate surface area is 108 Å². The van der Waals surface area contributed by atoms with Crippen molar-refractivity contribution in [3.8, 4) is 0 Å². The first-order valence-corrected chi connectivity index (χ1v) is 7.39. The largest absolute Gasteiger partial charge is 0.398 e. The Morgan fingerprint density at radius 3 is 2.56 bits per heavy atom. The van der Waals surface area contributed by atoms with Crippen molar-refractivity contribution in [2.45, 2.75) is 25.2 Å². The fourth-order valence-corrected chi connectivity index (χ4v) is 3.74. The normalized spacial score (nSPS) is 17.0. The van der Waals surface area contributed by atoms with Crippen LogP contribution in [0.3, 0.4) is 0 Å². The van der Waals surface area contributed by atoms with E-state index in [2.05, 4.69) is 0 Å². The van der Waals surface area contributed by atoms with E-state index in [1.54, 1.807) is 19.1 Å². The van der Waals surface area contributed by atoms with Gasteiger partial charge in [-0.25, -0.2) is 8.42 Å². The SMILES string of the molecule is Cc1ccc(S(=O)(=O)N2CC=CCC2)c(C)c1N. The zero-order valence-corrected chi connectivity index (χ0v) is 11.5. The molecule has 5 heteroatoms. The molecule has 1 aromatic rings. The van der Waals surface area contributed by atoms with E-state index in [9.17, 15) is 8.42 Å².